The Labute approximate surface area is 279 Å². The topological polar surface area (TPSA) is 175 Å². The number of hydrogen-bond acceptors (Lipinski definition) is 7. The number of carbonyl (C=O) groups excluding carboxylic acids is 3. The zero-order chi connectivity index (χ0) is 34.4. The number of aromatic amines is 1. The highest BCUT2D eigenvalue weighted by Gasteiger charge is 2.30. The predicted octanol–water partition coefficient (Wildman–Crippen LogP) is 5.63. The largest absolute Gasteiger partial charge is 0.478 e. The number of nitrogens with zero attached hydrogens (tertiary/aromatic N) is 2. The third-order valence-corrected chi connectivity index (χ3v) is 8.55. The maximum absolute atomic E-state index is 13.7. The number of anilines is 1. The van der Waals surface area contributed by atoms with E-state index in [4.69, 9.17) is 4.74 Å². The van der Waals surface area contributed by atoms with E-state index in [-0.39, 0.29) is 35.6 Å². The van der Waals surface area contributed by atoms with E-state index in [0.29, 0.717) is 36.1 Å². The van der Waals surface area contributed by atoms with E-state index in [1.54, 1.807) is 36.4 Å². The van der Waals surface area contributed by atoms with Crippen LogP contribution in [-0.2, 0) is 20.7 Å². The molecular weight excluding hydrogens is 612 g/mol. The maximum Gasteiger partial charge on any atom is 0.407 e. The van der Waals surface area contributed by atoms with Gasteiger partial charge in [0.1, 0.15) is 22.7 Å². The summed E-state index contributed by atoms with van der Waals surface area (Å²) in [5.74, 6) is -1.51. The fourth-order valence-electron chi connectivity index (χ4n) is 5.99. The molecule has 1 aliphatic rings. The Bertz CT molecular complexity index is 1790. The molecule has 12 heteroatoms. The van der Waals surface area contributed by atoms with Gasteiger partial charge >= 0.3 is 12.1 Å². The maximum atomic E-state index is 13.7. The van der Waals surface area contributed by atoms with Crippen LogP contribution in [0.5, 0.6) is 0 Å². The molecule has 12 nitrogen and oxygen atoms in total. The zero-order valence-electron chi connectivity index (χ0n) is 27.6. The highest BCUT2D eigenvalue weighted by molar-refractivity contribution is 5.98. The Morgan fingerprint density at radius 1 is 0.938 bits per heavy atom. The molecule has 0 aliphatic heterocycles. The molecule has 1 aliphatic carbocycles. The molecule has 1 unspecified atom stereocenters. The number of aromatic carboxylic acids is 1. The number of fused-ring (bicyclic) bond motifs is 1. The minimum atomic E-state index is -0.976. The minimum absolute atomic E-state index is 0.175. The number of carboxylic acids is 1. The molecular formula is C36H42N6O6. The number of carbonyl (C=O) groups is 4. The van der Waals surface area contributed by atoms with Crippen molar-refractivity contribution >= 4 is 40.6 Å². The van der Waals surface area contributed by atoms with Crippen molar-refractivity contribution in [3.8, 4) is 11.1 Å². The second-order valence-corrected chi connectivity index (χ2v) is 13.4. The summed E-state index contributed by atoms with van der Waals surface area (Å²) in [4.78, 5) is 50.6. The summed E-state index contributed by atoms with van der Waals surface area (Å²) in [5.41, 5.74) is 4.99. The van der Waals surface area contributed by atoms with Gasteiger partial charge in [0.05, 0.1) is 5.56 Å². The van der Waals surface area contributed by atoms with E-state index in [1.165, 1.54) is 0 Å². The normalized spacial score (nSPS) is 16.9. The Hall–Kier alpha value is -5.26. The number of benzene rings is 3. The summed E-state index contributed by atoms with van der Waals surface area (Å²) in [6.45, 7) is 7.81. The lowest BCUT2D eigenvalue weighted by molar-refractivity contribution is -0.130. The van der Waals surface area contributed by atoms with Crippen LogP contribution >= 0.6 is 0 Å². The molecule has 48 heavy (non-hydrogen) atoms. The molecule has 1 fully saturated rings. The summed E-state index contributed by atoms with van der Waals surface area (Å²) < 4.78 is 5.33. The third kappa shape index (κ3) is 8.96. The Morgan fingerprint density at radius 3 is 2.31 bits per heavy atom. The van der Waals surface area contributed by atoms with E-state index in [2.05, 4.69) is 31.4 Å². The fourth-order valence-corrected chi connectivity index (χ4v) is 5.99. The number of carboxylic acid groups (broad SMARTS) is 1. The van der Waals surface area contributed by atoms with Crippen molar-refractivity contribution in [1.82, 2.24) is 26.0 Å². The van der Waals surface area contributed by atoms with Crippen molar-refractivity contribution in [2.24, 2.45) is 11.8 Å². The van der Waals surface area contributed by atoms with Crippen molar-refractivity contribution < 1.29 is 29.0 Å². The van der Waals surface area contributed by atoms with Crippen molar-refractivity contribution in [3.63, 3.8) is 0 Å². The summed E-state index contributed by atoms with van der Waals surface area (Å²) in [6, 6.07) is 17.1. The lowest BCUT2D eigenvalue weighted by Gasteiger charge is -2.29. The lowest BCUT2D eigenvalue weighted by Crippen LogP contribution is -2.48. The van der Waals surface area contributed by atoms with Crippen molar-refractivity contribution in [2.45, 2.75) is 71.4 Å². The van der Waals surface area contributed by atoms with Crippen LogP contribution in [0.2, 0.25) is 0 Å². The van der Waals surface area contributed by atoms with Crippen LogP contribution in [0, 0.1) is 18.8 Å². The Balaban J connectivity index is 1.25. The first-order chi connectivity index (χ1) is 22.8. The third-order valence-electron chi connectivity index (χ3n) is 8.55. The summed E-state index contributed by atoms with van der Waals surface area (Å²) in [5, 5.41) is 28.8. The average Bonchev–Trinajstić information content (AvgIpc) is 3.51. The van der Waals surface area contributed by atoms with Gasteiger partial charge in [-0.25, -0.2) is 9.59 Å². The highest BCUT2D eigenvalue weighted by Crippen LogP contribution is 2.29. The molecule has 1 aromatic heterocycles. The van der Waals surface area contributed by atoms with E-state index in [0.717, 1.165) is 35.1 Å². The lowest BCUT2D eigenvalue weighted by atomic mass is 9.81. The average molecular weight is 655 g/mol. The number of aromatic nitrogens is 3. The van der Waals surface area contributed by atoms with Gasteiger partial charge in [0, 0.05) is 24.6 Å². The second kappa shape index (κ2) is 14.7. The zero-order valence-corrected chi connectivity index (χ0v) is 27.6. The minimum Gasteiger partial charge on any atom is -0.478 e. The van der Waals surface area contributed by atoms with E-state index in [9.17, 15) is 24.3 Å². The van der Waals surface area contributed by atoms with Gasteiger partial charge < -0.3 is 25.8 Å². The molecule has 0 bridgehead atoms. The first-order valence-electron chi connectivity index (χ1n) is 16.2. The molecule has 5 rings (SSSR count). The smallest absolute Gasteiger partial charge is 0.407 e. The quantitative estimate of drug-likeness (QED) is 0.146. The van der Waals surface area contributed by atoms with E-state index in [1.807, 2.05) is 52.0 Å². The second-order valence-electron chi connectivity index (χ2n) is 13.4. The molecule has 3 aromatic carbocycles. The standard InChI is InChI=1S/C36H42N6O6/c1-21-17-26(34(45)46)13-15-28(21)24-9-5-22(6-10-24)18-31(33(44)38-27-14-16-29-30(19-27)41-42-40-29)39-32(43)25-11-7-23(8-12-25)20-37-35(47)48-36(2,3)4/h5-6,9-10,13-17,19,23,25,31H,7-8,11-12,18,20H2,1-4H3,(H,37,47)(H,38,44)(H,39,43)(H,45,46)(H,40,41,42). The van der Waals surface area contributed by atoms with Gasteiger partial charge in [0.25, 0.3) is 0 Å². The molecule has 4 aromatic rings. The van der Waals surface area contributed by atoms with Crippen LogP contribution in [0.15, 0.2) is 60.7 Å². The Morgan fingerprint density at radius 2 is 1.65 bits per heavy atom. The number of H-pyrrole nitrogens is 1. The van der Waals surface area contributed by atoms with E-state index < -0.39 is 23.7 Å². The van der Waals surface area contributed by atoms with Crippen molar-refractivity contribution in [2.75, 3.05) is 11.9 Å². The van der Waals surface area contributed by atoms with Gasteiger partial charge in [0.2, 0.25) is 11.8 Å². The highest BCUT2D eigenvalue weighted by atomic mass is 16.6. The number of hydrogen-bond donors (Lipinski definition) is 5. The molecule has 1 heterocycles. The fraction of sp³-hybridized carbons (Fsp3) is 0.389. The van der Waals surface area contributed by atoms with Gasteiger partial charge in [-0.2, -0.15) is 15.4 Å². The van der Waals surface area contributed by atoms with Crippen LogP contribution < -0.4 is 16.0 Å². The van der Waals surface area contributed by atoms with Crippen molar-refractivity contribution in [3.05, 3.63) is 77.4 Å². The van der Waals surface area contributed by atoms with Crippen LogP contribution in [0.1, 0.15) is 67.9 Å². The first-order valence-corrected chi connectivity index (χ1v) is 16.2. The predicted molar refractivity (Wildman–Crippen MR) is 181 cm³/mol. The summed E-state index contributed by atoms with van der Waals surface area (Å²) >= 11 is 0. The molecule has 5 N–H and O–H groups in total. The summed E-state index contributed by atoms with van der Waals surface area (Å²) in [7, 11) is 0. The van der Waals surface area contributed by atoms with Crippen molar-refractivity contribution in [1.29, 1.82) is 0 Å². The van der Waals surface area contributed by atoms with Crippen LogP contribution in [0.3, 0.4) is 0 Å². The number of alkyl carbamates (subject to hydrolysis) is 1. The van der Waals surface area contributed by atoms with E-state index >= 15 is 0 Å². The number of nitrogens with one attached hydrogen (secondary N) is 4. The SMILES string of the molecule is Cc1cc(C(=O)O)ccc1-c1ccc(CC(NC(=O)C2CCC(CNC(=O)OC(C)(C)C)CC2)C(=O)Nc2ccc3n[nH]nc3c2)cc1. The molecule has 1 saturated carbocycles. The van der Waals surface area contributed by atoms with Crippen LogP contribution in [0.4, 0.5) is 10.5 Å². The van der Waals surface area contributed by atoms with Crippen LogP contribution in [-0.4, -0.2) is 62.6 Å². The number of amides is 3. The van der Waals surface area contributed by atoms with Crippen LogP contribution in [0.25, 0.3) is 22.2 Å². The van der Waals surface area contributed by atoms with Gasteiger partial charge in [0.15, 0.2) is 0 Å². The molecule has 3 amide bonds. The van der Waals surface area contributed by atoms with Gasteiger partial charge in [-0.05, 0) is 112 Å². The monoisotopic (exact) mass is 654 g/mol. The number of aryl methyl sites for hydroxylation is 1. The Kier molecular flexibility index (Phi) is 10.4. The molecule has 0 radical (unpaired) electrons. The molecule has 0 spiro atoms. The number of ether oxygens (including phenoxy) is 1. The first kappa shape index (κ1) is 34.1. The van der Waals surface area contributed by atoms with Gasteiger partial charge in [-0.15, -0.1) is 0 Å². The molecule has 0 saturated heterocycles. The number of rotatable bonds is 10. The van der Waals surface area contributed by atoms with Gasteiger partial charge in [-0.1, -0.05) is 30.3 Å². The molecule has 252 valence electrons. The van der Waals surface area contributed by atoms with Gasteiger partial charge in [-0.3, -0.25) is 9.59 Å². The molecule has 1 atom stereocenters. The summed E-state index contributed by atoms with van der Waals surface area (Å²) in [6.07, 6.45) is 2.67.